The Morgan fingerprint density at radius 1 is 1.42 bits per heavy atom. The lowest BCUT2D eigenvalue weighted by Crippen LogP contribution is -2.12. The number of aromatic nitrogens is 1. The Morgan fingerprint density at radius 3 is 2.89 bits per heavy atom. The molecule has 0 aliphatic heterocycles. The SMILES string of the molecule is Cc1ccc(NC(=O)c2cc(C3CC3)on2)cc1F. The van der Waals surface area contributed by atoms with Gasteiger partial charge in [-0.15, -0.1) is 0 Å². The van der Waals surface area contributed by atoms with Crippen LogP contribution >= 0.6 is 0 Å². The van der Waals surface area contributed by atoms with E-state index in [0.717, 1.165) is 18.6 Å². The van der Waals surface area contributed by atoms with Crippen LogP contribution in [0.1, 0.15) is 40.6 Å². The fourth-order valence-electron chi connectivity index (χ4n) is 1.82. The number of rotatable bonds is 3. The number of aryl methyl sites for hydroxylation is 1. The van der Waals surface area contributed by atoms with E-state index in [4.69, 9.17) is 4.52 Å². The van der Waals surface area contributed by atoms with E-state index in [2.05, 4.69) is 10.5 Å². The van der Waals surface area contributed by atoms with Crippen LogP contribution in [0.4, 0.5) is 10.1 Å². The summed E-state index contributed by atoms with van der Waals surface area (Å²) in [4.78, 5) is 11.9. The minimum atomic E-state index is -0.390. The second kappa shape index (κ2) is 4.50. The number of anilines is 1. The number of amides is 1. The van der Waals surface area contributed by atoms with Gasteiger partial charge in [0.15, 0.2) is 5.69 Å². The first-order valence-electron chi connectivity index (χ1n) is 6.17. The molecule has 1 N–H and O–H groups in total. The summed E-state index contributed by atoms with van der Waals surface area (Å²) in [5.74, 6) is 0.418. The Balaban J connectivity index is 1.74. The molecule has 0 saturated heterocycles. The van der Waals surface area contributed by atoms with Crippen molar-refractivity contribution in [2.24, 2.45) is 0 Å². The molecule has 4 nitrogen and oxygen atoms in total. The zero-order valence-corrected chi connectivity index (χ0v) is 10.4. The number of carbonyl (C=O) groups is 1. The third-order valence-electron chi connectivity index (χ3n) is 3.17. The molecule has 0 atom stereocenters. The molecule has 1 aromatic heterocycles. The lowest BCUT2D eigenvalue weighted by molar-refractivity contribution is 0.101. The largest absolute Gasteiger partial charge is 0.360 e. The predicted molar refractivity (Wildman–Crippen MR) is 67.6 cm³/mol. The van der Waals surface area contributed by atoms with Crippen LogP contribution in [-0.4, -0.2) is 11.1 Å². The molecule has 0 unspecified atom stereocenters. The number of nitrogens with one attached hydrogen (secondary N) is 1. The van der Waals surface area contributed by atoms with E-state index in [1.807, 2.05) is 0 Å². The number of hydrogen-bond donors (Lipinski definition) is 1. The zero-order chi connectivity index (χ0) is 13.4. The van der Waals surface area contributed by atoms with Gasteiger partial charge < -0.3 is 9.84 Å². The summed E-state index contributed by atoms with van der Waals surface area (Å²) in [6.07, 6.45) is 2.17. The number of nitrogens with zero attached hydrogens (tertiary/aromatic N) is 1. The Kier molecular flexibility index (Phi) is 2.81. The molecule has 1 aliphatic carbocycles. The maximum Gasteiger partial charge on any atom is 0.277 e. The first-order valence-corrected chi connectivity index (χ1v) is 6.17. The van der Waals surface area contributed by atoms with Crippen molar-refractivity contribution in [3.05, 3.63) is 47.1 Å². The summed E-state index contributed by atoms with van der Waals surface area (Å²) >= 11 is 0. The van der Waals surface area contributed by atoms with E-state index in [1.54, 1.807) is 25.1 Å². The fraction of sp³-hybridized carbons (Fsp3) is 0.286. The standard InChI is InChI=1S/C14H13FN2O2/c1-8-2-5-10(6-11(8)15)16-14(18)12-7-13(19-17-12)9-3-4-9/h2,5-7,9H,3-4H2,1H3,(H,16,18). The molecule has 98 valence electrons. The first-order chi connectivity index (χ1) is 9.13. The maximum atomic E-state index is 13.4. The van der Waals surface area contributed by atoms with Crippen molar-refractivity contribution in [3.63, 3.8) is 0 Å². The molecule has 1 fully saturated rings. The molecule has 1 saturated carbocycles. The van der Waals surface area contributed by atoms with E-state index in [0.29, 0.717) is 17.2 Å². The van der Waals surface area contributed by atoms with Crippen molar-refractivity contribution in [1.29, 1.82) is 0 Å². The van der Waals surface area contributed by atoms with Crippen molar-refractivity contribution >= 4 is 11.6 Å². The zero-order valence-electron chi connectivity index (χ0n) is 10.4. The van der Waals surface area contributed by atoms with Gasteiger partial charge in [0, 0.05) is 17.7 Å². The summed E-state index contributed by atoms with van der Waals surface area (Å²) < 4.78 is 18.5. The molecule has 2 aromatic rings. The molecule has 1 aromatic carbocycles. The van der Waals surface area contributed by atoms with Crippen LogP contribution in [-0.2, 0) is 0 Å². The molecule has 0 bridgehead atoms. The minimum absolute atomic E-state index is 0.225. The van der Waals surface area contributed by atoms with Gasteiger partial charge in [-0.05, 0) is 37.5 Å². The highest BCUT2D eigenvalue weighted by molar-refractivity contribution is 6.02. The Hall–Kier alpha value is -2.17. The van der Waals surface area contributed by atoms with Gasteiger partial charge in [0.25, 0.3) is 5.91 Å². The molecule has 0 spiro atoms. The van der Waals surface area contributed by atoms with Crippen molar-refractivity contribution in [1.82, 2.24) is 5.16 Å². The van der Waals surface area contributed by atoms with Crippen LogP contribution in [0.15, 0.2) is 28.8 Å². The predicted octanol–water partition coefficient (Wildman–Crippen LogP) is 3.25. The van der Waals surface area contributed by atoms with E-state index < -0.39 is 0 Å². The lowest BCUT2D eigenvalue weighted by atomic mass is 10.2. The summed E-state index contributed by atoms with van der Waals surface area (Å²) in [6.45, 7) is 1.67. The van der Waals surface area contributed by atoms with Crippen molar-refractivity contribution in [2.45, 2.75) is 25.7 Å². The molecule has 1 amide bonds. The summed E-state index contributed by atoms with van der Waals surface area (Å²) in [5.41, 5.74) is 1.17. The Morgan fingerprint density at radius 2 is 2.21 bits per heavy atom. The number of hydrogen-bond acceptors (Lipinski definition) is 3. The average Bonchev–Trinajstić information content (AvgIpc) is 3.11. The van der Waals surface area contributed by atoms with Gasteiger partial charge in [-0.1, -0.05) is 11.2 Å². The maximum absolute atomic E-state index is 13.4. The van der Waals surface area contributed by atoms with Gasteiger partial charge >= 0.3 is 0 Å². The smallest absolute Gasteiger partial charge is 0.277 e. The second-order valence-corrected chi connectivity index (χ2v) is 4.81. The van der Waals surface area contributed by atoms with Crippen LogP contribution in [0.25, 0.3) is 0 Å². The molecular weight excluding hydrogens is 247 g/mol. The van der Waals surface area contributed by atoms with Gasteiger partial charge in [-0.3, -0.25) is 4.79 Å². The van der Waals surface area contributed by atoms with Crippen molar-refractivity contribution in [3.8, 4) is 0 Å². The Bertz CT molecular complexity index is 632. The molecule has 1 heterocycles. The molecule has 3 rings (SSSR count). The van der Waals surface area contributed by atoms with E-state index in [9.17, 15) is 9.18 Å². The highest BCUT2D eigenvalue weighted by atomic mass is 19.1. The number of benzene rings is 1. The third kappa shape index (κ3) is 2.50. The second-order valence-electron chi connectivity index (χ2n) is 4.81. The Labute approximate surface area is 109 Å². The van der Waals surface area contributed by atoms with E-state index in [-0.39, 0.29) is 17.4 Å². The van der Waals surface area contributed by atoms with Gasteiger partial charge in [-0.25, -0.2) is 4.39 Å². The van der Waals surface area contributed by atoms with Crippen LogP contribution in [0.2, 0.25) is 0 Å². The lowest BCUT2D eigenvalue weighted by Gasteiger charge is -2.03. The topological polar surface area (TPSA) is 55.1 Å². The van der Waals surface area contributed by atoms with Crippen LogP contribution in [0.3, 0.4) is 0 Å². The number of halogens is 1. The van der Waals surface area contributed by atoms with Gasteiger partial charge in [-0.2, -0.15) is 0 Å². The summed E-state index contributed by atoms with van der Waals surface area (Å²) in [5, 5.41) is 6.33. The monoisotopic (exact) mass is 260 g/mol. The average molecular weight is 260 g/mol. The molecule has 1 aliphatic rings. The van der Waals surface area contributed by atoms with Gasteiger partial charge in [0.1, 0.15) is 11.6 Å². The quantitative estimate of drug-likeness (QED) is 0.921. The van der Waals surface area contributed by atoms with Crippen LogP contribution < -0.4 is 5.32 Å². The van der Waals surface area contributed by atoms with E-state index >= 15 is 0 Å². The fourth-order valence-corrected chi connectivity index (χ4v) is 1.82. The molecule has 0 radical (unpaired) electrons. The summed E-state index contributed by atoms with van der Waals surface area (Å²) in [6, 6.07) is 6.20. The van der Waals surface area contributed by atoms with Crippen molar-refractivity contribution < 1.29 is 13.7 Å². The minimum Gasteiger partial charge on any atom is -0.360 e. The number of carbonyl (C=O) groups excluding carboxylic acids is 1. The van der Waals surface area contributed by atoms with Crippen molar-refractivity contribution in [2.75, 3.05) is 5.32 Å². The first kappa shape index (κ1) is 11.9. The third-order valence-corrected chi connectivity index (χ3v) is 3.17. The van der Waals surface area contributed by atoms with E-state index in [1.165, 1.54) is 6.07 Å². The van der Waals surface area contributed by atoms with Crippen LogP contribution in [0, 0.1) is 12.7 Å². The molecule has 5 heteroatoms. The van der Waals surface area contributed by atoms with Gasteiger partial charge in [0.2, 0.25) is 0 Å². The summed E-state index contributed by atoms with van der Waals surface area (Å²) in [7, 11) is 0. The molecule has 19 heavy (non-hydrogen) atoms. The van der Waals surface area contributed by atoms with Gasteiger partial charge in [0.05, 0.1) is 0 Å². The highest BCUT2D eigenvalue weighted by Gasteiger charge is 2.28. The normalized spacial score (nSPS) is 14.4. The van der Waals surface area contributed by atoms with Crippen LogP contribution in [0.5, 0.6) is 0 Å². The highest BCUT2D eigenvalue weighted by Crippen LogP contribution is 2.40. The molecular formula is C14H13FN2O2.